The monoisotopic (exact) mass is 396 g/mol. The first-order valence-corrected chi connectivity index (χ1v) is 10.4. The molecule has 0 atom stereocenters. The number of anilines is 1. The molecule has 0 saturated heterocycles. The lowest BCUT2D eigenvalue weighted by Gasteiger charge is -2.17. The molecule has 0 N–H and O–H groups in total. The summed E-state index contributed by atoms with van der Waals surface area (Å²) in [5.41, 5.74) is 2.08. The molecule has 146 valence electrons. The van der Waals surface area contributed by atoms with Gasteiger partial charge in [-0.3, -0.25) is 9.69 Å². The maximum Gasteiger partial charge on any atom is 0.283 e. The Morgan fingerprint density at radius 2 is 1.71 bits per heavy atom. The van der Waals surface area contributed by atoms with E-state index in [0.717, 1.165) is 22.7 Å². The molecule has 0 aromatic heterocycles. The molecule has 0 bridgehead atoms. The van der Waals surface area contributed by atoms with Crippen LogP contribution in [0.2, 0.25) is 0 Å². The molecule has 1 amide bonds. The third-order valence-electron chi connectivity index (χ3n) is 3.97. The van der Waals surface area contributed by atoms with Crippen molar-refractivity contribution in [3.05, 3.63) is 59.8 Å². The molecule has 0 spiro atoms. The summed E-state index contributed by atoms with van der Waals surface area (Å²) in [5, 5.41) is 0.653. The number of hydrogen-bond donors (Lipinski definition) is 0. The van der Waals surface area contributed by atoms with Crippen molar-refractivity contribution in [3.8, 4) is 11.5 Å². The van der Waals surface area contributed by atoms with Crippen molar-refractivity contribution in [3.63, 3.8) is 0 Å². The summed E-state index contributed by atoms with van der Waals surface area (Å²) in [6.07, 6.45) is 3.83. The molecule has 2 aromatic carbocycles. The predicted octanol–water partition coefficient (Wildman–Crippen LogP) is 4.98. The minimum Gasteiger partial charge on any atom is -0.494 e. The van der Waals surface area contributed by atoms with Gasteiger partial charge in [-0.25, -0.2) is 4.99 Å². The van der Waals surface area contributed by atoms with Gasteiger partial charge in [-0.15, -0.1) is 0 Å². The second-order valence-corrected chi connectivity index (χ2v) is 7.20. The van der Waals surface area contributed by atoms with Crippen LogP contribution in [0, 0.1) is 0 Å². The molecular weight excluding hydrogens is 372 g/mol. The fourth-order valence-electron chi connectivity index (χ4n) is 2.79. The number of thioether (sulfide) groups is 1. The highest BCUT2D eigenvalue weighted by atomic mass is 32.2. The number of amides is 1. The SMILES string of the molecule is CCOc1ccc(N2C(=O)C(=Cc3ccc(OC(C)C)cc3)N=C2SC)cc1. The second-order valence-electron chi connectivity index (χ2n) is 6.43. The van der Waals surface area contributed by atoms with Crippen LogP contribution < -0.4 is 14.4 Å². The van der Waals surface area contributed by atoms with Crippen LogP contribution in [0.15, 0.2) is 59.2 Å². The number of amidine groups is 1. The maximum absolute atomic E-state index is 13.0. The quantitative estimate of drug-likeness (QED) is 0.646. The van der Waals surface area contributed by atoms with Crippen molar-refractivity contribution < 1.29 is 14.3 Å². The van der Waals surface area contributed by atoms with Crippen molar-refractivity contribution in [2.45, 2.75) is 26.9 Å². The summed E-state index contributed by atoms with van der Waals surface area (Å²) >= 11 is 1.44. The van der Waals surface area contributed by atoms with E-state index in [1.165, 1.54) is 11.8 Å². The minimum atomic E-state index is -0.143. The van der Waals surface area contributed by atoms with Gasteiger partial charge in [0, 0.05) is 0 Å². The summed E-state index contributed by atoms with van der Waals surface area (Å²) in [6.45, 7) is 6.52. The lowest BCUT2D eigenvalue weighted by atomic mass is 10.2. The van der Waals surface area contributed by atoms with Crippen molar-refractivity contribution >= 4 is 34.6 Å². The summed E-state index contributed by atoms with van der Waals surface area (Å²) in [6, 6.07) is 15.1. The van der Waals surface area contributed by atoms with Crippen LogP contribution in [0.25, 0.3) is 6.08 Å². The molecule has 1 aliphatic rings. The van der Waals surface area contributed by atoms with Crippen molar-refractivity contribution in [2.24, 2.45) is 4.99 Å². The summed E-state index contributed by atoms with van der Waals surface area (Å²) in [4.78, 5) is 19.1. The van der Waals surface area contributed by atoms with Crippen LogP contribution in [-0.2, 0) is 4.79 Å². The number of ether oxygens (including phenoxy) is 2. The number of carbonyl (C=O) groups excluding carboxylic acids is 1. The fraction of sp³-hybridized carbons (Fsp3) is 0.273. The van der Waals surface area contributed by atoms with Crippen LogP contribution in [0.3, 0.4) is 0 Å². The fourth-order valence-corrected chi connectivity index (χ4v) is 3.35. The van der Waals surface area contributed by atoms with Crippen molar-refractivity contribution in [1.29, 1.82) is 0 Å². The molecule has 0 fully saturated rings. The van der Waals surface area contributed by atoms with Gasteiger partial charge < -0.3 is 9.47 Å². The van der Waals surface area contributed by atoms with E-state index in [0.29, 0.717) is 17.5 Å². The average Bonchev–Trinajstić information content (AvgIpc) is 2.99. The van der Waals surface area contributed by atoms with Crippen molar-refractivity contribution in [2.75, 3.05) is 17.8 Å². The zero-order chi connectivity index (χ0) is 20.1. The highest BCUT2D eigenvalue weighted by Crippen LogP contribution is 2.30. The van der Waals surface area contributed by atoms with E-state index in [1.807, 2.05) is 75.6 Å². The second kappa shape index (κ2) is 8.97. The zero-order valence-corrected chi connectivity index (χ0v) is 17.3. The molecule has 6 heteroatoms. The Labute approximate surface area is 170 Å². The number of benzene rings is 2. The van der Waals surface area contributed by atoms with Crippen molar-refractivity contribution in [1.82, 2.24) is 0 Å². The van der Waals surface area contributed by atoms with E-state index in [9.17, 15) is 4.79 Å². The highest BCUT2D eigenvalue weighted by Gasteiger charge is 2.31. The van der Waals surface area contributed by atoms with E-state index >= 15 is 0 Å². The molecule has 0 saturated carbocycles. The van der Waals surface area contributed by atoms with Gasteiger partial charge in [-0.05, 0) is 75.1 Å². The van der Waals surface area contributed by atoms with Crippen LogP contribution in [-0.4, -0.2) is 30.0 Å². The van der Waals surface area contributed by atoms with Gasteiger partial charge in [0.1, 0.15) is 17.2 Å². The van der Waals surface area contributed by atoms with Crippen LogP contribution in [0.4, 0.5) is 5.69 Å². The van der Waals surface area contributed by atoms with Gasteiger partial charge in [0.15, 0.2) is 5.17 Å². The van der Waals surface area contributed by atoms with Crippen LogP contribution >= 0.6 is 11.8 Å². The minimum absolute atomic E-state index is 0.122. The highest BCUT2D eigenvalue weighted by molar-refractivity contribution is 8.13. The third kappa shape index (κ3) is 4.57. The van der Waals surface area contributed by atoms with Gasteiger partial charge in [-0.2, -0.15) is 0 Å². The molecule has 0 unspecified atom stereocenters. The van der Waals surface area contributed by atoms with Crippen LogP contribution in [0.5, 0.6) is 11.5 Å². The first-order chi connectivity index (χ1) is 13.5. The molecular formula is C22H24N2O3S. The van der Waals surface area contributed by atoms with Gasteiger partial charge in [0.2, 0.25) is 0 Å². The summed E-state index contributed by atoms with van der Waals surface area (Å²) in [7, 11) is 0. The molecule has 2 aromatic rings. The Kier molecular flexibility index (Phi) is 6.41. The Morgan fingerprint density at radius 3 is 2.29 bits per heavy atom. The third-order valence-corrected chi connectivity index (χ3v) is 4.61. The van der Waals surface area contributed by atoms with Gasteiger partial charge >= 0.3 is 0 Å². The number of carbonyl (C=O) groups is 1. The summed E-state index contributed by atoms with van der Waals surface area (Å²) < 4.78 is 11.1. The summed E-state index contributed by atoms with van der Waals surface area (Å²) in [5.74, 6) is 1.44. The number of hydrogen-bond acceptors (Lipinski definition) is 5. The maximum atomic E-state index is 13.0. The Morgan fingerprint density at radius 1 is 1.07 bits per heavy atom. The topological polar surface area (TPSA) is 51.1 Å². The van der Waals surface area contributed by atoms with E-state index < -0.39 is 0 Å². The number of rotatable bonds is 6. The lowest BCUT2D eigenvalue weighted by Crippen LogP contribution is -2.29. The Hall–Kier alpha value is -2.73. The standard InChI is InChI=1S/C22H24N2O3S/c1-5-26-18-12-8-17(9-13-18)24-21(25)20(23-22(24)28-4)14-16-6-10-19(11-7-16)27-15(2)3/h6-15H,5H2,1-4H3. The van der Waals surface area contributed by atoms with E-state index in [4.69, 9.17) is 9.47 Å². The van der Waals surface area contributed by atoms with Gasteiger partial charge in [0.25, 0.3) is 5.91 Å². The molecule has 1 heterocycles. The van der Waals surface area contributed by atoms with E-state index in [1.54, 1.807) is 11.0 Å². The molecule has 0 aliphatic carbocycles. The van der Waals surface area contributed by atoms with Gasteiger partial charge in [-0.1, -0.05) is 23.9 Å². The van der Waals surface area contributed by atoms with E-state index in [2.05, 4.69) is 4.99 Å². The molecule has 0 radical (unpaired) electrons. The normalized spacial score (nSPS) is 15.3. The largest absolute Gasteiger partial charge is 0.494 e. The molecule has 1 aliphatic heterocycles. The molecule has 5 nitrogen and oxygen atoms in total. The lowest BCUT2D eigenvalue weighted by molar-refractivity contribution is -0.113. The molecule has 28 heavy (non-hydrogen) atoms. The Balaban J connectivity index is 1.83. The Bertz CT molecular complexity index is 887. The predicted molar refractivity (Wildman–Crippen MR) is 116 cm³/mol. The zero-order valence-electron chi connectivity index (χ0n) is 16.5. The number of aliphatic imine (C=N–C) groups is 1. The first-order valence-electron chi connectivity index (χ1n) is 9.20. The molecule has 3 rings (SSSR count). The smallest absolute Gasteiger partial charge is 0.283 e. The first kappa shape index (κ1) is 20.0. The van der Waals surface area contributed by atoms with E-state index in [-0.39, 0.29) is 12.0 Å². The van der Waals surface area contributed by atoms with Gasteiger partial charge in [0.05, 0.1) is 18.4 Å². The average molecular weight is 397 g/mol. The van der Waals surface area contributed by atoms with Crippen LogP contribution in [0.1, 0.15) is 26.3 Å². The number of nitrogens with zero attached hydrogens (tertiary/aromatic N) is 2.